The number of likely N-dealkylation sites (tertiary alicyclic amines) is 1. The normalized spacial score (nSPS) is 17.1. The molecular weight excluding hydrogens is 350 g/mol. The van der Waals surface area contributed by atoms with Gasteiger partial charge in [0.1, 0.15) is 5.82 Å². The van der Waals surface area contributed by atoms with Crippen molar-refractivity contribution in [2.75, 3.05) is 6.54 Å². The lowest BCUT2D eigenvalue weighted by Gasteiger charge is -2.36. The summed E-state index contributed by atoms with van der Waals surface area (Å²) in [6, 6.07) is 10.1. The molecule has 1 aromatic carbocycles. The molecule has 4 rings (SSSR count). The molecule has 1 atom stereocenters. The van der Waals surface area contributed by atoms with Crippen LogP contribution in [0.25, 0.3) is 11.3 Å². The van der Waals surface area contributed by atoms with E-state index in [-0.39, 0.29) is 11.9 Å². The Morgan fingerprint density at radius 1 is 1.25 bits per heavy atom. The van der Waals surface area contributed by atoms with Gasteiger partial charge >= 0.3 is 0 Å². The number of nitrogens with one attached hydrogen (secondary N) is 1. The summed E-state index contributed by atoms with van der Waals surface area (Å²) in [6.07, 6.45) is 8.02. The number of carbonyl (C=O) groups excluding carboxylic acids is 1. The van der Waals surface area contributed by atoms with Crippen LogP contribution in [0.3, 0.4) is 0 Å². The van der Waals surface area contributed by atoms with Gasteiger partial charge in [-0.2, -0.15) is 5.10 Å². The predicted molar refractivity (Wildman–Crippen MR) is 109 cm³/mol. The Labute approximate surface area is 165 Å². The van der Waals surface area contributed by atoms with Crippen molar-refractivity contribution < 1.29 is 4.79 Å². The zero-order chi connectivity index (χ0) is 19.5. The third kappa shape index (κ3) is 3.86. The topological polar surface area (TPSA) is 66.8 Å². The summed E-state index contributed by atoms with van der Waals surface area (Å²) in [4.78, 5) is 23.2. The molecule has 3 aromatic rings. The highest BCUT2D eigenvalue weighted by Gasteiger charge is 2.27. The number of amides is 1. The van der Waals surface area contributed by atoms with Crippen LogP contribution in [0.15, 0.2) is 42.7 Å². The van der Waals surface area contributed by atoms with Crippen molar-refractivity contribution in [3.63, 3.8) is 0 Å². The lowest BCUT2D eigenvalue weighted by atomic mass is 9.97. The van der Waals surface area contributed by atoms with E-state index >= 15 is 0 Å². The number of imidazole rings is 1. The summed E-state index contributed by atoms with van der Waals surface area (Å²) < 4.78 is 1.95. The van der Waals surface area contributed by atoms with E-state index in [1.54, 1.807) is 6.20 Å². The van der Waals surface area contributed by atoms with Gasteiger partial charge in [-0.25, -0.2) is 4.98 Å². The summed E-state index contributed by atoms with van der Waals surface area (Å²) in [6.45, 7) is 5.63. The van der Waals surface area contributed by atoms with E-state index in [0.29, 0.717) is 0 Å². The Balaban J connectivity index is 1.53. The fourth-order valence-electron chi connectivity index (χ4n) is 4.14. The van der Waals surface area contributed by atoms with Gasteiger partial charge < -0.3 is 9.88 Å². The largest absolute Gasteiger partial charge is 0.346 e. The van der Waals surface area contributed by atoms with E-state index in [1.165, 1.54) is 6.42 Å². The maximum absolute atomic E-state index is 13.3. The molecule has 0 unspecified atom stereocenters. The quantitative estimate of drug-likeness (QED) is 0.731. The number of aryl methyl sites for hydroxylation is 3. The molecule has 0 spiro atoms. The minimum atomic E-state index is 0.122. The first kappa shape index (κ1) is 18.5. The average molecular weight is 377 g/mol. The Morgan fingerprint density at radius 3 is 2.89 bits per heavy atom. The van der Waals surface area contributed by atoms with Gasteiger partial charge in [-0.05, 0) is 57.7 Å². The number of hydrogen-bond acceptors (Lipinski definition) is 3. The number of nitrogens with zero attached hydrogens (tertiary/aromatic N) is 4. The molecule has 6 nitrogen and oxygen atoms in total. The summed E-state index contributed by atoms with van der Waals surface area (Å²) >= 11 is 0. The fraction of sp³-hybridized carbons (Fsp3) is 0.409. The van der Waals surface area contributed by atoms with Crippen LogP contribution >= 0.6 is 0 Å². The first-order valence-corrected chi connectivity index (χ1v) is 10.0. The minimum Gasteiger partial charge on any atom is -0.346 e. The van der Waals surface area contributed by atoms with E-state index in [1.807, 2.05) is 55.1 Å². The van der Waals surface area contributed by atoms with Crippen LogP contribution in [0, 0.1) is 13.8 Å². The second-order valence-corrected chi connectivity index (χ2v) is 7.58. The van der Waals surface area contributed by atoms with Crippen molar-refractivity contribution in [3.05, 3.63) is 59.8 Å². The van der Waals surface area contributed by atoms with Crippen molar-refractivity contribution in [3.8, 4) is 11.3 Å². The standard InChI is InChI=1S/C22H27N5O/c1-16-21(25-17(2)24-16)18-7-5-8-19(15-18)22(28)27-13-4-3-9-20(27)10-14-26-12-6-11-23-26/h5-8,11-12,15,20H,3-4,9-10,13-14H2,1-2H3,(H,24,25)/t20-/m0/s1. The summed E-state index contributed by atoms with van der Waals surface area (Å²) in [5, 5.41) is 4.29. The zero-order valence-electron chi connectivity index (χ0n) is 16.6. The maximum Gasteiger partial charge on any atom is 0.254 e. The minimum absolute atomic E-state index is 0.122. The van der Waals surface area contributed by atoms with E-state index < -0.39 is 0 Å². The van der Waals surface area contributed by atoms with Crippen molar-refractivity contribution >= 4 is 5.91 Å². The number of aromatic amines is 1. The lowest BCUT2D eigenvalue weighted by molar-refractivity contribution is 0.0594. The monoisotopic (exact) mass is 377 g/mol. The number of rotatable bonds is 5. The molecule has 3 heterocycles. The van der Waals surface area contributed by atoms with Gasteiger partial charge in [0.05, 0.1) is 5.69 Å². The van der Waals surface area contributed by atoms with Crippen molar-refractivity contribution in [2.45, 2.75) is 52.1 Å². The number of hydrogen-bond donors (Lipinski definition) is 1. The highest BCUT2D eigenvalue weighted by molar-refractivity contribution is 5.95. The van der Waals surface area contributed by atoms with Crippen LogP contribution in [-0.4, -0.2) is 43.1 Å². The first-order valence-electron chi connectivity index (χ1n) is 10.0. The van der Waals surface area contributed by atoms with Crippen LogP contribution in [-0.2, 0) is 6.54 Å². The van der Waals surface area contributed by atoms with Crippen LogP contribution in [0.2, 0.25) is 0 Å². The van der Waals surface area contributed by atoms with E-state index in [0.717, 1.165) is 60.7 Å². The summed E-state index contributed by atoms with van der Waals surface area (Å²) in [5.41, 5.74) is 3.67. The predicted octanol–water partition coefficient (Wildman–Crippen LogP) is 3.98. The molecule has 0 saturated carbocycles. The highest BCUT2D eigenvalue weighted by Crippen LogP contribution is 2.26. The van der Waals surface area contributed by atoms with Crippen molar-refractivity contribution in [1.29, 1.82) is 0 Å². The average Bonchev–Trinajstić information content (AvgIpc) is 3.35. The summed E-state index contributed by atoms with van der Waals surface area (Å²) in [5.74, 6) is 1.01. The molecule has 2 aromatic heterocycles. The Kier molecular flexibility index (Phi) is 5.28. The van der Waals surface area contributed by atoms with E-state index in [9.17, 15) is 4.79 Å². The second-order valence-electron chi connectivity index (χ2n) is 7.58. The Morgan fingerprint density at radius 2 is 2.14 bits per heavy atom. The molecule has 146 valence electrons. The number of benzene rings is 1. The summed E-state index contributed by atoms with van der Waals surface area (Å²) in [7, 11) is 0. The molecule has 0 radical (unpaired) electrons. The molecule has 28 heavy (non-hydrogen) atoms. The SMILES string of the molecule is Cc1nc(-c2cccc(C(=O)N3CCCC[C@H]3CCn3cccn3)c2)c(C)[nH]1. The Bertz CT molecular complexity index is 944. The van der Waals surface area contributed by atoms with Crippen LogP contribution in [0.1, 0.15) is 47.6 Å². The number of aromatic nitrogens is 4. The lowest BCUT2D eigenvalue weighted by Crippen LogP contribution is -2.44. The molecule has 1 N–H and O–H groups in total. The van der Waals surface area contributed by atoms with Gasteiger partial charge in [-0.1, -0.05) is 12.1 Å². The van der Waals surface area contributed by atoms with E-state index in [2.05, 4.69) is 20.0 Å². The van der Waals surface area contributed by atoms with Gasteiger partial charge in [0.15, 0.2) is 0 Å². The maximum atomic E-state index is 13.3. The second kappa shape index (κ2) is 8.00. The first-order chi connectivity index (χ1) is 13.6. The third-order valence-electron chi connectivity index (χ3n) is 5.52. The van der Waals surface area contributed by atoms with Gasteiger partial charge in [0, 0.05) is 48.3 Å². The zero-order valence-corrected chi connectivity index (χ0v) is 16.6. The number of carbonyl (C=O) groups is 1. The van der Waals surface area contributed by atoms with Crippen LogP contribution in [0.4, 0.5) is 0 Å². The van der Waals surface area contributed by atoms with E-state index in [4.69, 9.17) is 0 Å². The molecule has 6 heteroatoms. The number of H-pyrrole nitrogens is 1. The Hall–Kier alpha value is -2.89. The van der Waals surface area contributed by atoms with Gasteiger partial charge in [0.2, 0.25) is 0 Å². The third-order valence-corrected chi connectivity index (χ3v) is 5.52. The molecule has 0 aliphatic carbocycles. The molecule has 0 bridgehead atoms. The van der Waals surface area contributed by atoms with Gasteiger partial charge in [-0.15, -0.1) is 0 Å². The fourth-order valence-corrected chi connectivity index (χ4v) is 4.14. The van der Waals surface area contributed by atoms with Crippen molar-refractivity contribution in [2.24, 2.45) is 0 Å². The molecule has 1 aliphatic rings. The van der Waals surface area contributed by atoms with Crippen molar-refractivity contribution in [1.82, 2.24) is 24.6 Å². The molecule has 1 aliphatic heterocycles. The smallest absolute Gasteiger partial charge is 0.254 e. The molecular formula is C22H27N5O. The molecule has 1 amide bonds. The van der Waals surface area contributed by atoms with Gasteiger partial charge in [0.25, 0.3) is 5.91 Å². The van der Waals surface area contributed by atoms with Gasteiger partial charge in [-0.3, -0.25) is 9.48 Å². The van der Waals surface area contributed by atoms with Crippen LogP contribution < -0.4 is 0 Å². The molecule has 1 saturated heterocycles. The molecule has 1 fully saturated rings. The number of piperidine rings is 1. The highest BCUT2D eigenvalue weighted by atomic mass is 16.2. The van der Waals surface area contributed by atoms with Crippen LogP contribution in [0.5, 0.6) is 0 Å².